The molecular formula is C12H12N4O2S. The highest BCUT2D eigenvalue weighted by Crippen LogP contribution is 2.24. The van der Waals surface area contributed by atoms with Gasteiger partial charge in [-0.1, -0.05) is 11.3 Å². The minimum atomic E-state index is -0.185. The van der Waals surface area contributed by atoms with E-state index in [1.807, 2.05) is 0 Å². The molecule has 0 spiro atoms. The zero-order valence-corrected chi connectivity index (χ0v) is 10.8. The maximum atomic E-state index is 12.1. The van der Waals surface area contributed by atoms with Crippen molar-refractivity contribution in [3.05, 3.63) is 23.8 Å². The van der Waals surface area contributed by atoms with Gasteiger partial charge in [0, 0.05) is 18.5 Å². The fraction of sp³-hybridized carbons (Fsp3) is 0.250. The molecule has 4 N–H and O–H groups in total. The Morgan fingerprint density at radius 1 is 1.53 bits per heavy atom. The number of hydrogen-bond acceptors (Lipinski definition) is 5. The molecule has 1 unspecified atom stereocenters. The number of fused-ring (bicyclic) bond motifs is 1. The second-order valence-electron chi connectivity index (χ2n) is 4.41. The predicted octanol–water partition coefficient (Wildman–Crippen LogP) is 0.497. The Hall–Kier alpha value is -2.15. The number of nitrogens with one attached hydrogen (secondary N) is 2. The van der Waals surface area contributed by atoms with Crippen LogP contribution in [0.15, 0.2) is 18.2 Å². The monoisotopic (exact) mass is 276 g/mol. The molecule has 1 aromatic carbocycles. The van der Waals surface area contributed by atoms with Gasteiger partial charge >= 0.3 is 0 Å². The van der Waals surface area contributed by atoms with Gasteiger partial charge in [0.25, 0.3) is 5.91 Å². The SMILES string of the molecule is Nc1nc2ccc(C(=O)NC3CNC(=O)C3)cc2s1. The second-order valence-corrected chi connectivity index (χ2v) is 5.48. The highest BCUT2D eigenvalue weighted by Gasteiger charge is 2.23. The molecule has 2 aromatic rings. The molecule has 2 heterocycles. The van der Waals surface area contributed by atoms with Crippen molar-refractivity contribution < 1.29 is 9.59 Å². The molecule has 3 rings (SSSR count). The van der Waals surface area contributed by atoms with Crippen LogP contribution in [0, 0.1) is 0 Å². The van der Waals surface area contributed by atoms with Gasteiger partial charge in [-0.05, 0) is 18.2 Å². The van der Waals surface area contributed by atoms with Crippen LogP contribution in [-0.2, 0) is 4.79 Å². The van der Waals surface area contributed by atoms with Crippen LogP contribution < -0.4 is 16.4 Å². The number of nitrogen functional groups attached to an aromatic ring is 1. The average Bonchev–Trinajstić information content (AvgIpc) is 2.93. The number of nitrogens with two attached hydrogens (primary N) is 1. The molecule has 1 saturated heterocycles. The first-order chi connectivity index (χ1) is 9.11. The zero-order chi connectivity index (χ0) is 13.4. The number of carbonyl (C=O) groups is 2. The highest BCUT2D eigenvalue weighted by atomic mass is 32.1. The van der Waals surface area contributed by atoms with Crippen molar-refractivity contribution in [3.8, 4) is 0 Å². The van der Waals surface area contributed by atoms with E-state index in [1.54, 1.807) is 18.2 Å². The number of nitrogens with zero attached hydrogens (tertiary/aromatic N) is 1. The number of amides is 2. The smallest absolute Gasteiger partial charge is 0.251 e. The lowest BCUT2D eigenvalue weighted by atomic mass is 10.1. The lowest BCUT2D eigenvalue weighted by Gasteiger charge is -2.10. The van der Waals surface area contributed by atoms with E-state index >= 15 is 0 Å². The Morgan fingerprint density at radius 3 is 3.11 bits per heavy atom. The summed E-state index contributed by atoms with van der Waals surface area (Å²) >= 11 is 1.35. The number of rotatable bonds is 2. The van der Waals surface area contributed by atoms with Crippen molar-refractivity contribution >= 4 is 38.5 Å². The summed E-state index contributed by atoms with van der Waals surface area (Å²) in [6, 6.07) is 5.11. The first kappa shape index (κ1) is 11.9. The Kier molecular flexibility index (Phi) is 2.83. The normalized spacial score (nSPS) is 18.5. The van der Waals surface area contributed by atoms with Crippen LogP contribution in [0.3, 0.4) is 0 Å². The first-order valence-electron chi connectivity index (χ1n) is 5.85. The van der Waals surface area contributed by atoms with Crippen molar-refractivity contribution in [3.63, 3.8) is 0 Å². The molecule has 1 aromatic heterocycles. The lowest BCUT2D eigenvalue weighted by Crippen LogP contribution is -2.36. The van der Waals surface area contributed by atoms with Gasteiger partial charge in [-0.2, -0.15) is 0 Å². The van der Waals surface area contributed by atoms with Gasteiger partial charge in [0.2, 0.25) is 5.91 Å². The average molecular weight is 276 g/mol. The molecule has 1 atom stereocenters. The van der Waals surface area contributed by atoms with Crippen LogP contribution >= 0.6 is 11.3 Å². The van der Waals surface area contributed by atoms with Crippen LogP contribution in [-0.4, -0.2) is 29.4 Å². The van der Waals surface area contributed by atoms with E-state index in [9.17, 15) is 9.59 Å². The molecule has 1 aliphatic heterocycles. The number of aromatic nitrogens is 1. The quantitative estimate of drug-likeness (QED) is 0.744. The van der Waals surface area contributed by atoms with E-state index in [2.05, 4.69) is 15.6 Å². The van der Waals surface area contributed by atoms with Gasteiger partial charge in [0.15, 0.2) is 5.13 Å². The van der Waals surface area contributed by atoms with Crippen LogP contribution in [0.1, 0.15) is 16.8 Å². The molecule has 0 aliphatic carbocycles. The van der Waals surface area contributed by atoms with E-state index in [0.29, 0.717) is 23.7 Å². The fourth-order valence-corrected chi connectivity index (χ4v) is 2.83. The van der Waals surface area contributed by atoms with Crippen molar-refractivity contribution in [2.24, 2.45) is 0 Å². The molecule has 98 valence electrons. The minimum absolute atomic E-state index is 0.0315. The number of benzene rings is 1. The summed E-state index contributed by atoms with van der Waals surface area (Å²) in [5, 5.41) is 5.99. The third-order valence-electron chi connectivity index (χ3n) is 2.98. The lowest BCUT2D eigenvalue weighted by molar-refractivity contribution is -0.119. The van der Waals surface area contributed by atoms with Gasteiger partial charge in [-0.15, -0.1) is 0 Å². The van der Waals surface area contributed by atoms with Gasteiger partial charge in [-0.25, -0.2) is 4.98 Å². The summed E-state index contributed by atoms with van der Waals surface area (Å²) in [6.07, 6.45) is 0.335. The standard InChI is InChI=1S/C12H12N4O2S/c13-12-16-8-2-1-6(3-9(8)19-12)11(18)15-7-4-10(17)14-5-7/h1-3,7H,4-5H2,(H2,13,16)(H,14,17)(H,15,18). The predicted molar refractivity (Wildman–Crippen MR) is 72.9 cm³/mol. The summed E-state index contributed by atoms with van der Waals surface area (Å²) in [7, 11) is 0. The van der Waals surface area contributed by atoms with E-state index in [1.165, 1.54) is 11.3 Å². The Morgan fingerprint density at radius 2 is 2.37 bits per heavy atom. The summed E-state index contributed by atoms with van der Waals surface area (Å²) in [5.41, 5.74) is 6.97. The topological polar surface area (TPSA) is 97.1 Å². The van der Waals surface area contributed by atoms with Crippen molar-refractivity contribution in [1.29, 1.82) is 0 Å². The molecular weight excluding hydrogens is 264 g/mol. The van der Waals surface area contributed by atoms with Crippen LogP contribution in [0.2, 0.25) is 0 Å². The Labute approximate surface area is 113 Å². The molecule has 0 radical (unpaired) electrons. The third kappa shape index (κ3) is 2.37. The Balaban J connectivity index is 1.79. The van der Waals surface area contributed by atoms with Crippen molar-refractivity contribution in [2.75, 3.05) is 12.3 Å². The van der Waals surface area contributed by atoms with E-state index in [-0.39, 0.29) is 17.9 Å². The summed E-state index contributed by atoms with van der Waals surface area (Å²) in [4.78, 5) is 27.3. The second kappa shape index (κ2) is 4.51. The van der Waals surface area contributed by atoms with Crippen molar-refractivity contribution in [1.82, 2.24) is 15.6 Å². The third-order valence-corrected chi connectivity index (χ3v) is 3.83. The largest absolute Gasteiger partial charge is 0.375 e. The first-order valence-corrected chi connectivity index (χ1v) is 6.67. The molecule has 7 heteroatoms. The van der Waals surface area contributed by atoms with Crippen LogP contribution in [0.4, 0.5) is 5.13 Å². The number of carbonyl (C=O) groups excluding carboxylic acids is 2. The van der Waals surface area contributed by atoms with Gasteiger partial charge in [-0.3, -0.25) is 9.59 Å². The van der Waals surface area contributed by atoms with Crippen molar-refractivity contribution in [2.45, 2.75) is 12.5 Å². The van der Waals surface area contributed by atoms with Crippen LogP contribution in [0.5, 0.6) is 0 Å². The van der Waals surface area contributed by atoms with E-state index < -0.39 is 0 Å². The summed E-state index contributed by atoms with van der Waals surface area (Å²) in [5.74, 6) is -0.216. The minimum Gasteiger partial charge on any atom is -0.375 e. The molecule has 1 fully saturated rings. The van der Waals surface area contributed by atoms with Gasteiger partial charge < -0.3 is 16.4 Å². The molecule has 0 saturated carbocycles. The molecule has 1 aliphatic rings. The van der Waals surface area contributed by atoms with Gasteiger partial charge in [0.05, 0.1) is 16.3 Å². The summed E-state index contributed by atoms with van der Waals surface area (Å²) < 4.78 is 0.880. The molecule has 19 heavy (non-hydrogen) atoms. The summed E-state index contributed by atoms with van der Waals surface area (Å²) in [6.45, 7) is 0.486. The molecule has 2 amide bonds. The van der Waals surface area contributed by atoms with Crippen LogP contribution in [0.25, 0.3) is 10.2 Å². The molecule has 6 nitrogen and oxygen atoms in total. The number of anilines is 1. The Bertz CT molecular complexity index is 667. The van der Waals surface area contributed by atoms with E-state index in [4.69, 9.17) is 5.73 Å². The maximum absolute atomic E-state index is 12.1. The number of thiazole rings is 1. The highest BCUT2D eigenvalue weighted by molar-refractivity contribution is 7.22. The van der Waals surface area contributed by atoms with Gasteiger partial charge in [0.1, 0.15) is 0 Å². The molecule has 0 bridgehead atoms. The maximum Gasteiger partial charge on any atom is 0.251 e. The fourth-order valence-electron chi connectivity index (χ4n) is 2.06. The van der Waals surface area contributed by atoms with E-state index in [0.717, 1.165) is 10.2 Å². The number of hydrogen-bond donors (Lipinski definition) is 3. The zero-order valence-electron chi connectivity index (χ0n) is 9.97.